The standard InChI is InChI=1S/C16H29BrN4/c1-7-18-15-13(17)14(16(4,5)6)19-12(20-15)10-11-21(8-2)9-3/h7-11H2,1-6H3,(H,18,19,20). The van der Waals surface area contributed by atoms with E-state index in [4.69, 9.17) is 4.98 Å². The molecular weight excluding hydrogens is 328 g/mol. The molecule has 0 aliphatic carbocycles. The Morgan fingerprint density at radius 3 is 2.19 bits per heavy atom. The van der Waals surface area contributed by atoms with Gasteiger partial charge < -0.3 is 10.2 Å². The lowest BCUT2D eigenvalue weighted by Gasteiger charge is -2.23. The lowest BCUT2D eigenvalue weighted by Crippen LogP contribution is -2.26. The van der Waals surface area contributed by atoms with Gasteiger partial charge >= 0.3 is 0 Å². The van der Waals surface area contributed by atoms with Gasteiger partial charge in [0.2, 0.25) is 0 Å². The van der Waals surface area contributed by atoms with Gasteiger partial charge in [0.15, 0.2) is 0 Å². The lowest BCUT2D eigenvalue weighted by molar-refractivity contribution is 0.305. The Balaban J connectivity index is 3.06. The van der Waals surface area contributed by atoms with Crippen LogP contribution in [-0.2, 0) is 11.8 Å². The van der Waals surface area contributed by atoms with E-state index in [2.05, 4.69) is 72.7 Å². The highest BCUT2D eigenvalue weighted by Crippen LogP contribution is 2.32. The van der Waals surface area contributed by atoms with Crippen LogP contribution in [0.25, 0.3) is 0 Å². The maximum absolute atomic E-state index is 4.80. The monoisotopic (exact) mass is 356 g/mol. The number of halogens is 1. The summed E-state index contributed by atoms with van der Waals surface area (Å²) in [5.74, 6) is 1.83. The van der Waals surface area contributed by atoms with Gasteiger partial charge in [0, 0.05) is 24.9 Å². The number of nitrogens with zero attached hydrogens (tertiary/aromatic N) is 3. The van der Waals surface area contributed by atoms with Gasteiger partial charge in [-0.25, -0.2) is 9.97 Å². The number of hydrogen-bond acceptors (Lipinski definition) is 4. The molecule has 120 valence electrons. The minimum absolute atomic E-state index is 0.00407. The molecule has 4 nitrogen and oxygen atoms in total. The van der Waals surface area contributed by atoms with Gasteiger partial charge in [0.25, 0.3) is 0 Å². The van der Waals surface area contributed by atoms with Crippen LogP contribution < -0.4 is 5.32 Å². The Labute approximate surface area is 137 Å². The maximum Gasteiger partial charge on any atom is 0.144 e. The minimum Gasteiger partial charge on any atom is -0.369 e. The van der Waals surface area contributed by atoms with Crippen LogP contribution in [0.4, 0.5) is 5.82 Å². The van der Waals surface area contributed by atoms with Crippen LogP contribution in [0, 0.1) is 0 Å². The molecule has 0 aliphatic heterocycles. The van der Waals surface area contributed by atoms with Crippen molar-refractivity contribution in [2.45, 2.75) is 53.4 Å². The fourth-order valence-electron chi connectivity index (χ4n) is 2.18. The van der Waals surface area contributed by atoms with Crippen molar-refractivity contribution in [1.82, 2.24) is 14.9 Å². The Hall–Kier alpha value is -0.680. The van der Waals surface area contributed by atoms with Crippen LogP contribution in [0.5, 0.6) is 0 Å². The average Bonchev–Trinajstić information content (AvgIpc) is 2.42. The first-order valence-corrected chi connectivity index (χ1v) is 8.65. The largest absolute Gasteiger partial charge is 0.369 e. The minimum atomic E-state index is -0.00407. The van der Waals surface area contributed by atoms with Crippen molar-refractivity contribution >= 4 is 21.7 Å². The number of nitrogens with one attached hydrogen (secondary N) is 1. The summed E-state index contributed by atoms with van der Waals surface area (Å²) in [6, 6.07) is 0. The lowest BCUT2D eigenvalue weighted by atomic mass is 9.92. The molecule has 0 bridgehead atoms. The fourth-order valence-corrected chi connectivity index (χ4v) is 3.10. The molecule has 0 atom stereocenters. The van der Waals surface area contributed by atoms with Crippen LogP contribution in [0.2, 0.25) is 0 Å². The third-order valence-corrected chi connectivity index (χ3v) is 4.25. The molecule has 0 spiro atoms. The van der Waals surface area contributed by atoms with E-state index in [1.165, 1.54) is 0 Å². The van der Waals surface area contributed by atoms with E-state index in [1.807, 2.05) is 0 Å². The zero-order chi connectivity index (χ0) is 16.0. The van der Waals surface area contributed by atoms with Crippen LogP contribution in [0.15, 0.2) is 4.47 Å². The molecule has 0 saturated heterocycles. The number of rotatable bonds is 7. The second-order valence-electron chi connectivity index (χ2n) is 6.21. The van der Waals surface area contributed by atoms with Crippen molar-refractivity contribution in [2.75, 3.05) is 31.5 Å². The number of likely N-dealkylation sites (N-methyl/N-ethyl adjacent to an activating group) is 1. The van der Waals surface area contributed by atoms with Crippen molar-refractivity contribution in [2.24, 2.45) is 0 Å². The normalized spacial score (nSPS) is 12.0. The molecule has 0 unspecified atom stereocenters. The zero-order valence-electron chi connectivity index (χ0n) is 14.3. The second-order valence-corrected chi connectivity index (χ2v) is 7.00. The van der Waals surface area contributed by atoms with E-state index in [0.29, 0.717) is 0 Å². The summed E-state index contributed by atoms with van der Waals surface area (Å²) in [6.45, 7) is 17.0. The molecule has 1 rings (SSSR count). The van der Waals surface area contributed by atoms with Crippen LogP contribution in [0.1, 0.15) is 53.1 Å². The van der Waals surface area contributed by atoms with E-state index in [0.717, 1.165) is 54.4 Å². The van der Waals surface area contributed by atoms with Gasteiger partial charge in [-0.2, -0.15) is 0 Å². The van der Waals surface area contributed by atoms with Gasteiger partial charge in [0.05, 0.1) is 10.2 Å². The molecule has 1 aromatic rings. The highest BCUT2D eigenvalue weighted by molar-refractivity contribution is 9.10. The fraction of sp³-hybridized carbons (Fsp3) is 0.750. The first-order chi connectivity index (χ1) is 9.83. The van der Waals surface area contributed by atoms with E-state index < -0.39 is 0 Å². The van der Waals surface area contributed by atoms with Crippen LogP contribution >= 0.6 is 15.9 Å². The summed E-state index contributed by atoms with van der Waals surface area (Å²) in [5, 5.41) is 3.33. The molecule has 1 aromatic heterocycles. The summed E-state index contributed by atoms with van der Waals surface area (Å²) < 4.78 is 0.989. The second kappa shape index (κ2) is 8.08. The van der Waals surface area contributed by atoms with Gasteiger partial charge in [-0.3, -0.25) is 0 Å². The SMILES string of the molecule is CCNc1nc(CCN(CC)CC)nc(C(C)(C)C)c1Br. The molecule has 0 aliphatic rings. The van der Waals surface area contributed by atoms with Gasteiger partial charge in [-0.05, 0) is 35.9 Å². The quantitative estimate of drug-likeness (QED) is 0.805. The van der Waals surface area contributed by atoms with E-state index in [-0.39, 0.29) is 5.41 Å². The Bertz CT molecular complexity index is 450. The van der Waals surface area contributed by atoms with E-state index in [9.17, 15) is 0 Å². The first-order valence-electron chi connectivity index (χ1n) is 7.86. The summed E-state index contributed by atoms with van der Waals surface area (Å²) in [6.07, 6.45) is 0.885. The summed E-state index contributed by atoms with van der Waals surface area (Å²) in [7, 11) is 0. The van der Waals surface area contributed by atoms with Crippen molar-refractivity contribution < 1.29 is 0 Å². The average molecular weight is 357 g/mol. The summed E-state index contributed by atoms with van der Waals surface area (Å²) in [4.78, 5) is 11.9. The molecule has 21 heavy (non-hydrogen) atoms. The third kappa shape index (κ3) is 5.22. The van der Waals surface area contributed by atoms with E-state index >= 15 is 0 Å². The predicted octanol–water partition coefficient (Wildman–Crippen LogP) is 3.85. The molecule has 0 aromatic carbocycles. The predicted molar refractivity (Wildman–Crippen MR) is 94.1 cm³/mol. The third-order valence-electron chi connectivity index (χ3n) is 3.50. The number of hydrogen-bond donors (Lipinski definition) is 1. The van der Waals surface area contributed by atoms with Crippen molar-refractivity contribution in [3.05, 3.63) is 16.0 Å². The Morgan fingerprint density at radius 1 is 1.10 bits per heavy atom. The Kier molecular flexibility index (Phi) is 7.07. The molecular formula is C16H29BrN4. The molecule has 5 heteroatoms. The van der Waals surface area contributed by atoms with Crippen LogP contribution in [-0.4, -0.2) is 41.0 Å². The smallest absolute Gasteiger partial charge is 0.144 e. The number of aromatic nitrogens is 2. The van der Waals surface area contributed by atoms with Crippen LogP contribution in [0.3, 0.4) is 0 Å². The molecule has 0 radical (unpaired) electrons. The highest BCUT2D eigenvalue weighted by atomic mass is 79.9. The van der Waals surface area contributed by atoms with Gasteiger partial charge in [0.1, 0.15) is 11.6 Å². The van der Waals surface area contributed by atoms with Crippen molar-refractivity contribution in [3.63, 3.8) is 0 Å². The molecule has 1 N–H and O–H groups in total. The van der Waals surface area contributed by atoms with E-state index in [1.54, 1.807) is 0 Å². The first kappa shape index (κ1) is 18.4. The zero-order valence-corrected chi connectivity index (χ0v) is 15.8. The molecule has 0 saturated carbocycles. The summed E-state index contributed by atoms with van der Waals surface area (Å²) >= 11 is 3.66. The molecule has 0 fully saturated rings. The maximum atomic E-state index is 4.80. The molecule has 0 amide bonds. The Morgan fingerprint density at radius 2 is 1.71 bits per heavy atom. The van der Waals surface area contributed by atoms with Crippen molar-refractivity contribution in [1.29, 1.82) is 0 Å². The summed E-state index contributed by atoms with van der Waals surface area (Å²) in [5.41, 5.74) is 1.07. The highest BCUT2D eigenvalue weighted by Gasteiger charge is 2.23. The van der Waals surface area contributed by atoms with Gasteiger partial charge in [-0.15, -0.1) is 0 Å². The van der Waals surface area contributed by atoms with Gasteiger partial charge in [-0.1, -0.05) is 34.6 Å². The van der Waals surface area contributed by atoms with Crippen molar-refractivity contribution in [3.8, 4) is 0 Å². The number of anilines is 1. The molecule has 1 heterocycles. The topological polar surface area (TPSA) is 41.1 Å².